The molecule has 5 heteroatoms. The van der Waals surface area contributed by atoms with Gasteiger partial charge in [0.25, 0.3) is 5.91 Å². The first kappa shape index (κ1) is 19.8. The number of rotatable bonds is 7. The van der Waals surface area contributed by atoms with E-state index in [1.54, 1.807) is 16.7 Å². The van der Waals surface area contributed by atoms with Crippen LogP contribution < -0.4 is 0 Å². The van der Waals surface area contributed by atoms with Gasteiger partial charge in [-0.25, -0.2) is 4.79 Å². The lowest BCUT2D eigenvalue weighted by Crippen LogP contribution is -2.46. The number of thioether (sulfide) groups is 1. The van der Waals surface area contributed by atoms with Crippen molar-refractivity contribution < 1.29 is 14.3 Å². The van der Waals surface area contributed by atoms with Crippen LogP contribution in [0.1, 0.15) is 56.5 Å². The fourth-order valence-electron chi connectivity index (χ4n) is 2.93. The molecule has 0 aromatic heterocycles. The molecule has 1 amide bonds. The van der Waals surface area contributed by atoms with Crippen molar-refractivity contribution in [3.63, 3.8) is 0 Å². The molecule has 4 nitrogen and oxygen atoms in total. The number of carbonyl (C=O) groups is 2. The Morgan fingerprint density at radius 3 is 2.48 bits per heavy atom. The van der Waals surface area contributed by atoms with Crippen LogP contribution in [0, 0.1) is 5.92 Å². The molecule has 1 aromatic rings. The second kappa shape index (κ2) is 9.27. The van der Waals surface area contributed by atoms with E-state index >= 15 is 0 Å². The summed E-state index contributed by atoms with van der Waals surface area (Å²) in [5, 5.41) is 0.0255. The van der Waals surface area contributed by atoms with Gasteiger partial charge in [0.15, 0.2) is 0 Å². The number of amides is 1. The van der Waals surface area contributed by atoms with E-state index in [0.717, 1.165) is 19.3 Å². The summed E-state index contributed by atoms with van der Waals surface area (Å²) in [7, 11) is 0. The predicted octanol–water partition coefficient (Wildman–Crippen LogP) is 4.13. The highest BCUT2D eigenvalue weighted by atomic mass is 32.2. The first-order valence-electron chi connectivity index (χ1n) is 9.17. The molecule has 2 rings (SSSR count). The number of carbonyl (C=O) groups excluding carboxylic acids is 2. The maximum Gasteiger partial charge on any atom is 0.329 e. The largest absolute Gasteiger partial charge is 0.464 e. The van der Waals surface area contributed by atoms with E-state index in [4.69, 9.17) is 4.74 Å². The van der Waals surface area contributed by atoms with Crippen molar-refractivity contribution in [1.82, 2.24) is 4.90 Å². The van der Waals surface area contributed by atoms with Crippen LogP contribution in [0.4, 0.5) is 0 Å². The van der Waals surface area contributed by atoms with Crippen LogP contribution in [0.5, 0.6) is 0 Å². The van der Waals surface area contributed by atoms with Gasteiger partial charge in [-0.15, -0.1) is 11.8 Å². The van der Waals surface area contributed by atoms with Crippen molar-refractivity contribution in [3.05, 3.63) is 35.4 Å². The number of benzene rings is 1. The molecular weight excluding hydrogens is 334 g/mol. The van der Waals surface area contributed by atoms with E-state index < -0.39 is 6.04 Å². The number of hydrogen-bond donors (Lipinski definition) is 0. The fourth-order valence-corrected chi connectivity index (χ4v) is 4.56. The number of hydrogen-bond acceptors (Lipinski definition) is 4. The highest BCUT2D eigenvalue weighted by Gasteiger charge is 2.42. The summed E-state index contributed by atoms with van der Waals surface area (Å²) < 4.78 is 5.34. The van der Waals surface area contributed by atoms with E-state index in [-0.39, 0.29) is 17.3 Å². The second-order valence-corrected chi connectivity index (χ2v) is 8.07. The molecule has 25 heavy (non-hydrogen) atoms. The minimum Gasteiger partial charge on any atom is -0.464 e. The molecule has 2 atom stereocenters. The van der Waals surface area contributed by atoms with Crippen molar-refractivity contribution in [2.75, 3.05) is 12.4 Å². The second-order valence-electron chi connectivity index (χ2n) is 6.86. The summed E-state index contributed by atoms with van der Waals surface area (Å²) >= 11 is 1.68. The minimum absolute atomic E-state index is 0.0255. The van der Waals surface area contributed by atoms with Gasteiger partial charge in [-0.2, -0.15) is 0 Å². The third kappa shape index (κ3) is 5.00. The Balaban J connectivity index is 2.23. The molecule has 0 N–H and O–H groups in total. The van der Waals surface area contributed by atoms with Crippen LogP contribution in [-0.4, -0.2) is 40.6 Å². The molecule has 0 aliphatic carbocycles. The fraction of sp³-hybridized carbons (Fsp3) is 0.600. The molecular formula is C20H29NO3S. The van der Waals surface area contributed by atoms with E-state index in [9.17, 15) is 9.59 Å². The molecule has 1 aliphatic heterocycles. The SMILES string of the molecule is CCCOC(=O)[C@H]1CS[C@H](CC(C)C)N1C(=O)c1ccc(CC)cc1. The van der Waals surface area contributed by atoms with Gasteiger partial charge in [0.2, 0.25) is 0 Å². The zero-order chi connectivity index (χ0) is 18.4. The number of ether oxygens (including phenoxy) is 1. The van der Waals surface area contributed by atoms with Crippen LogP contribution >= 0.6 is 11.8 Å². The Labute approximate surface area is 155 Å². The average molecular weight is 364 g/mol. The minimum atomic E-state index is -0.487. The van der Waals surface area contributed by atoms with E-state index in [1.165, 1.54) is 5.56 Å². The lowest BCUT2D eigenvalue weighted by Gasteiger charge is -2.29. The quantitative estimate of drug-likeness (QED) is 0.683. The summed E-state index contributed by atoms with van der Waals surface area (Å²) in [6.07, 6.45) is 2.60. The Bertz CT molecular complexity index is 585. The maximum atomic E-state index is 13.1. The highest BCUT2D eigenvalue weighted by Crippen LogP contribution is 2.35. The van der Waals surface area contributed by atoms with E-state index in [2.05, 4.69) is 20.8 Å². The summed E-state index contributed by atoms with van der Waals surface area (Å²) in [6, 6.07) is 7.21. The first-order valence-corrected chi connectivity index (χ1v) is 10.2. The summed E-state index contributed by atoms with van der Waals surface area (Å²) in [5.41, 5.74) is 1.84. The molecule has 0 saturated carbocycles. The molecule has 0 spiro atoms. The predicted molar refractivity (Wildman–Crippen MR) is 103 cm³/mol. The summed E-state index contributed by atoms with van der Waals surface area (Å²) in [5.74, 6) is 0.718. The van der Waals surface area contributed by atoms with Gasteiger partial charge in [0.05, 0.1) is 12.0 Å². The van der Waals surface area contributed by atoms with Gasteiger partial charge in [0.1, 0.15) is 6.04 Å². The monoisotopic (exact) mass is 363 g/mol. The van der Waals surface area contributed by atoms with Gasteiger partial charge in [-0.3, -0.25) is 4.79 Å². The average Bonchev–Trinajstić information content (AvgIpc) is 3.02. The van der Waals surface area contributed by atoms with Crippen LogP contribution in [0.15, 0.2) is 24.3 Å². The molecule has 138 valence electrons. The van der Waals surface area contributed by atoms with Crippen LogP contribution in [-0.2, 0) is 16.0 Å². The third-order valence-electron chi connectivity index (χ3n) is 4.33. The molecule has 1 fully saturated rings. The van der Waals surface area contributed by atoms with Gasteiger partial charge in [-0.1, -0.05) is 39.8 Å². The lowest BCUT2D eigenvalue weighted by atomic mass is 10.1. The normalized spacial score (nSPS) is 20.1. The van der Waals surface area contributed by atoms with E-state index in [0.29, 0.717) is 23.8 Å². The van der Waals surface area contributed by atoms with Crippen molar-refractivity contribution in [3.8, 4) is 0 Å². The Morgan fingerprint density at radius 1 is 1.24 bits per heavy atom. The van der Waals surface area contributed by atoms with E-state index in [1.807, 2.05) is 31.2 Å². The molecule has 0 bridgehead atoms. The number of esters is 1. The smallest absolute Gasteiger partial charge is 0.329 e. The Morgan fingerprint density at radius 2 is 1.92 bits per heavy atom. The number of aryl methyl sites for hydroxylation is 1. The maximum absolute atomic E-state index is 13.1. The molecule has 1 aromatic carbocycles. The van der Waals surface area contributed by atoms with Gasteiger partial charge >= 0.3 is 5.97 Å². The van der Waals surface area contributed by atoms with Crippen LogP contribution in [0.25, 0.3) is 0 Å². The van der Waals surface area contributed by atoms with Crippen molar-refractivity contribution >= 4 is 23.6 Å². The van der Waals surface area contributed by atoms with Gasteiger partial charge in [0, 0.05) is 11.3 Å². The summed E-state index contributed by atoms with van der Waals surface area (Å²) in [6.45, 7) is 8.74. The molecule has 1 saturated heterocycles. The Kier molecular flexibility index (Phi) is 7.36. The van der Waals surface area contributed by atoms with Crippen molar-refractivity contribution in [2.45, 2.75) is 58.4 Å². The zero-order valence-electron chi connectivity index (χ0n) is 15.7. The highest BCUT2D eigenvalue weighted by molar-refractivity contribution is 8.00. The van der Waals surface area contributed by atoms with Crippen LogP contribution in [0.3, 0.4) is 0 Å². The standard InChI is InChI=1S/C20H29NO3S/c1-5-11-24-20(23)17-13-25-18(12-14(3)4)21(17)19(22)16-9-7-15(6-2)8-10-16/h7-10,14,17-18H,5-6,11-13H2,1-4H3/t17-,18-/m1/s1. The van der Waals surface area contributed by atoms with Gasteiger partial charge in [-0.05, 0) is 42.9 Å². The Hall–Kier alpha value is -1.49. The van der Waals surface area contributed by atoms with Crippen molar-refractivity contribution in [1.29, 1.82) is 0 Å². The summed E-state index contributed by atoms with van der Waals surface area (Å²) in [4.78, 5) is 27.3. The molecule has 1 aliphatic rings. The topological polar surface area (TPSA) is 46.6 Å². The first-order chi connectivity index (χ1) is 12.0. The van der Waals surface area contributed by atoms with Crippen molar-refractivity contribution in [2.24, 2.45) is 5.92 Å². The number of nitrogens with zero attached hydrogens (tertiary/aromatic N) is 1. The molecule has 0 radical (unpaired) electrons. The zero-order valence-corrected chi connectivity index (χ0v) is 16.5. The van der Waals surface area contributed by atoms with Crippen LogP contribution in [0.2, 0.25) is 0 Å². The lowest BCUT2D eigenvalue weighted by molar-refractivity contribution is -0.148. The molecule has 0 unspecified atom stereocenters. The van der Waals surface area contributed by atoms with Gasteiger partial charge < -0.3 is 9.64 Å². The molecule has 1 heterocycles. The third-order valence-corrected chi connectivity index (χ3v) is 5.64.